The number of nitro groups is 1. The largest absolute Gasteiger partial charge is 0.368 e. The van der Waals surface area contributed by atoms with Gasteiger partial charge in [0.1, 0.15) is 22.6 Å². The van der Waals surface area contributed by atoms with Crippen molar-refractivity contribution in [3.63, 3.8) is 0 Å². The van der Waals surface area contributed by atoms with Crippen LogP contribution in [0.25, 0.3) is 11.2 Å². The van der Waals surface area contributed by atoms with Crippen LogP contribution < -0.4 is 5.73 Å². The number of anilines is 1. The summed E-state index contributed by atoms with van der Waals surface area (Å²) in [6.45, 7) is 1.51. The van der Waals surface area contributed by atoms with Crippen molar-refractivity contribution in [1.82, 2.24) is 29.9 Å². The highest BCUT2D eigenvalue weighted by molar-refractivity contribution is 7.99. The molecule has 0 saturated carbocycles. The molecule has 0 unspecified atom stereocenters. The van der Waals surface area contributed by atoms with Crippen molar-refractivity contribution in [3.05, 3.63) is 28.5 Å². The molecule has 0 saturated heterocycles. The van der Waals surface area contributed by atoms with E-state index in [-0.39, 0.29) is 22.4 Å². The fourth-order valence-electron chi connectivity index (χ4n) is 1.75. The summed E-state index contributed by atoms with van der Waals surface area (Å²) >= 11 is 1.01. The van der Waals surface area contributed by atoms with Gasteiger partial charge in [-0.15, -0.1) is 0 Å². The Morgan fingerprint density at radius 3 is 2.86 bits per heavy atom. The van der Waals surface area contributed by atoms with Gasteiger partial charge >= 0.3 is 5.69 Å². The summed E-state index contributed by atoms with van der Waals surface area (Å²) in [7, 11) is 0. The van der Waals surface area contributed by atoms with Crippen molar-refractivity contribution in [2.75, 3.05) is 5.73 Å². The molecule has 0 atom stereocenters. The molecule has 0 fully saturated rings. The molecule has 3 aromatic rings. The Morgan fingerprint density at radius 1 is 1.29 bits per heavy atom. The number of nitrogen functional groups attached to an aromatic ring is 1. The zero-order valence-corrected chi connectivity index (χ0v) is 11.5. The van der Waals surface area contributed by atoms with E-state index in [0.29, 0.717) is 16.2 Å². The summed E-state index contributed by atoms with van der Waals surface area (Å²) in [4.78, 5) is 33.3. The predicted octanol–water partition coefficient (Wildman–Crippen LogP) is 1.09. The van der Waals surface area contributed by atoms with Crippen molar-refractivity contribution in [3.8, 4) is 0 Å². The van der Waals surface area contributed by atoms with Crippen LogP contribution >= 0.6 is 11.8 Å². The maximum atomic E-state index is 11.2. The van der Waals surface area contributed by atoms with E-state index in [9.17, 15) is 10.1 Å². The first-order valence-electron chi connectivity index (χ1n) is 5.66. The van der Waals surface area contributed by atoms with E-state index in [4.69, 9.17) is 5.73 Å². The monoisotopic (exact) mass is 304 g/mol. The fourth-order valence-corrected chi connectivity index (χ4v) is 2.75. The summed E-state index contributed by atoms with van der Waals surface area (Å²) in [5.74, 6) is -0.0319. The molecule has 0 radical (unpaired) electrons. The standard InChI is InChI=1S/C10H8N8O2S/c1-4-6(18(19)20)9(17-10(11)16-4)21-8-5-7(13-2-12-5)14-3-15-8/h2-3H,1H3,(H2,11,16,17)(H,12,13,14,15). The van der Waals surface area contributed by atoms with Gasteiger partial charge < -0.3 is 10.7 Å². The van der Waals surface area contributed by atoms with Crippen LogP contribution in [0.1, 0.15) is 5.69 Å². The van der Waals surface area contributed by atoms with Gasteiger partial charge in [-0.1, -0.05) is 0 Å². The predicted molar refractivity (Wildman–Crippen MR) is 73.6 cm³/mol. The number of aryl methyl sites for hydroxylation is 1. The Hall–Kier alpha value is -2.82. The summed E-state index contributed by atoms with van der Waals surface area (Å²) in [6, 6.07) is 0. The number of aromatic amines is 1. The second-order valence-corrected chi connectivity index (χ2v) is 4.94. The average molecular weight is 304 g/mol. The summed E-state index contributed by atoms with van der Waals surface area (Å²) in [5.41, 5.74) is 6.61. The SMILES string of the molecule is Cc1nc(N)nc(Sc2ncnc3nc[nH]c23)c1[N+](=O)[O-]. The van der Waals surface area contributed by atoms with Crippen molar-refractivity contribution in [1.29, 1.82) is 0 Å². The van der Waals surface area contributed by atoms with Crippen molar-refractivity contribution in [2.24, 2.45) is 0 Å². The van der Waals surface area contributed by atoms with E-state index in [1.54, 1.807) is 0 Å². The number of nitrogens with one attached hydrogen (secondary N) is 1. The van der Waals surface area contributed by atoms with E-state index in [0.717, 1.165) is 11.8 Å². The number of H-pyrrole nitrogens is 1. The number of nitrogens with zero attached hydrogens (tertiary/aromatic N) is 6. The zero-order chi connectivity index (χ0) is 15.0. The summed E-state index contributed by atoms with van der Waals surface area (Å²) in [5, 5.41) is 11.8. The van der Waals surface area contributed by atoms with Crippen molar-refractivity contribution in [2.45, 2.75) is 17.0 Å². The molecule has 0 aliphatic heterocycles. The van der Waals surface area contributed by atoms with Gasteiger partial charge in [-0.3, -0.25) is 10.1 Å². The van der Waals surface area contributed by atoms with E-state index < -0.39 is 4.92 Å². The molecule has 0 aliphatic carbocycles. The minimum absolute atomic E-state index is 0.0319. The quantitative estimate of drug-likeness (QED) is 0.411. The van der Waals surface area contributed by atoms with Gasteiger partial charge in [0.15, 0.2) is 10.7 Å². The van der Waals surface area contributed by atoms with Crippen LogP contribution in [0, 0.1) is 17.0 Å². The molecular formula is C10H8N8O2S. The van der Waals surface area contributed by atoms with Crippen LogP contribution in [0.15, 0.2) is 22.7 Å². The number of hydrogen-bond donors (Lipinski definition) is 2. The normalized spacial score (nSPS) is 10.9. The molecule has 10 nitrogen and oxygen atoms in total. The summed E-state index contributed by atoms with van der Waals surface area (Å²) in [6.07, 6.45) is 2.80. The molecule has 21 heavy (non-hydrogen) atoms. The Bertz CT molecular complexity index is 848. The molecule has 3 rings (SSSR count). The van der Waals surface area contributed by atoms with Gasteiger partial charge in [-0.2, -0.15) is 4.98 Å². The zero-order valence-electron chi connectivity index (χ0n) is 10.6. The van der Waals surface area contributed by atoms with Crippen molar-refractivity contribution >= 4 is 34.6 Å². The Labute approximate surface area is 121 Å². The number of hydrogen-bond acceptors (Lipinski definition) is 9. The lowest BCUT2D eigenvalue weighted by Gasteiger charge is -2.04. The molecule has 11 heteroatoms. The van der Waals surface area contributed by atoms with Crippen LogP contribution in [0.2, 0.25) is 0 Å². The van der Waals surface area contributed by atoms with E-state index >= 15 is 0 Å². The smallest absolute Gasteiger partial charge is 0.322 e. The second kappa shape index (κ2) is 4.94. The van der Waals surface area contributed by atoms with Crippen LogP contribution in [0.3, 0.4) is 0 Å². The highest BCUT2D eigenvalue weighted by atomic mass is 32.2. The molecule has 3 N–H and O–H groups in total. The lowest BCUT2D eigenvalue weighted by molar-refractivity contribution is -0.389. The highest BCUT2D eigenvalue weighted by Gasteiger charge is 2.23. The van der Waals surface area contributed by atoms with Gasteiger partial charge in [0.25, 0.3) is 0 Å². The fraction of sp³-hybridized carbons (Fsp3) is 0.100. The third-order valence-corrected chi connectivity index (χ3v) is 3.59. The van der Waals surface area contributed by atoms with Crippen LogP contribution in [-0.2, 0) is 0 Å². The lowest BCUT2D eigenvalue weighted by atomic mass is 10.4. The van der Waals surface area contributed by atoms with Crippen LogP contribution in [-0.4, -0.2) is 34.8 Å². The molecule has 0 aromatic carbocycles. The third kappa shape index (κ3) is 2.33. The van der Waals surface area contributed by atoms with Gasteiger partial charge in [0, 0.05) is 0 Å². The first-order valence-corrected chi connectivity index (χ1v) is 6.48. The molecule has 3 aromatic heterocycles. The van der Waals surface area contributed by atoms with Gasteiger partial charge in [0.2, 0.25) is 5.95 Å². The van der Waals surface area contributed by atoms with Gasteiger partial charge in [-0.25, -0.2) is 19.9 Å². The molecule has 0 spiro atoms. The maximum Gasteiger partial charge on any atom is 0.322 e. The Kier molecular flexibility index (Phi) is 3.10. The first-order chi connectivity index (χ1) is 10.1. The maximum absolute atomic E-state index is 11.2. The lowest BCUT2D eigenvalue weighted by Crippen LogP contribution is -2.04. The molecule has 3 heterocycles. The van der Waals surface area contributed by atoms with Gasteiger partial charge in [0.05, 0.1) is 11.3 Å². The van der Waals surface area contributed by atoms with Crippen molar-refractivity contribution < 1.29 is 4.92 Å². The molecule has 0 aliphatic rings. The minimum Gasteiger partial charge on any atom is -0.368 e. The number of nitrogens with two attached hydrogens (primary N) is 1. The van der Waals surface area contributed by atoms with E-state index in [2.05, 4.69) is 29.9 Å². The van der Waals surface area contributed by atoms with Gasteiger partial charge in [-0.05, 0) is 18.7 Å². The van der Waals surface area contributed by atoms with E-state index in [1.165, 1.54) is 19.6 Å². The first kappa shape index (κ1) is 13.2. The third-order valence-electron chi connectivity index (χ3n) is 2.61. The minimum atomic E-state index is -0.539. The Morgan fingerprint density at radius 2 is 2.10 bits per heavy atom. The number of fused-ring (bicyclic) bond motifs is 1. The number of rotatable bonds is 3. The average Bonchev–Trinajstić information content (AvgIpc) is 2.86. The second-order valence-electron chi connectivity index (χ2n) is 3.96. The molecule has 0 bridgehead atoms. The molecule has 0 amide bonds. The molecular weight excluding hydrogens is 296 g/mol. The Balaban J connectivity index is 2.13. The molecule has 106 valence electrons. The van der Waals surface area contributed by atoms with Crippen LogP contribution in [0.4, 0.5) is 11.6 Å². The van der Waals surface area contributed by atoms with E-state index in [1.807, 2.05) is 0 Å². The van der Waals surface area contributed by atoms with Crippen LogP contribution in [0.5, 0.6) is 0 Å². The summed E-state index contributed by atoms with van der Waals surface area (Å²) < 4.78 is 0. The highest BCUT2D eigenvalue weighted by Crippen LogP contribution is 2.35. The number of imidazole rings is 1. The topological polar surface area (TPSA) is 149 Å². The number of aromatic nitrogens is 6.